The Bertz CT molecular complexity index is 815. The number of halogens is 1. The van der Waals surface area contributed by atoms with Gasteiger partial charge in [-0.05, 0) is 49.6 Å². The SMILES string of the molecule is C#CCN(N=C(C)c1ccc(Br)cc1)C(=O)Nc1c(C)cccc1C. The van der Waals surface area contributed by atoms with Crippen LogP contribution in [0.3, 0.4) is 0 Å². The molecule has 5 heteroatoms. The van der Waals surface area contributed by atoms with Crippen LogP contribution in [0.15, 0.2) is 52.0 Å². The quantitative estimate of drug-likeness (QED) is 0.442. The summed E-state index contributed by atoms with van der Waals surface area (Å²) in [4.78, 5) is 12.6. The van der Waals surface area contributed by atoms with Gasteiger partial charge in [0.1, 0.15) is 6.54 Å². The van der Waals surface area contributed by atoms with Crippen molar-refractivity contribution in [3.63, 3.8) is 0 Å². The Hall–Kier alpha value is -2.58. The summed E-state index contributed by atoms with van der Waals surface area (Å²) in [6.45, 7) is 5.83. The number of para-hydroxylation sites is 1. The summed E-state index contributed by atoms with van der Waals surface area (Å²) in [5, 5.41) is 8.58. The van der Waals surface area contributed by atoms with Crippen LogP contribution in [0.4, 0.5) is 10.5 Å². The first-order valence-corrected chi connectivity index (χ1v) is 8.61. The maximum atomic E-state index is 12.6. The van der Waals surface area contributed by atoms with Crippen molar-refractivity contribution in [2.75, 3.05) is 11.9 Å². The number of hydrogen-bond donors (Lipinski definition) is 1. The number of aryl methyl sites for hydroxylation is 2. The Labute approximate surface area is 157 Å². The molecule has 2 rings (SSSR count). The van der Waals surface area contributed by atoms with Gasteiger partial charge in [-0.25, -0.2) is 9.80 Å². The summed E-state index contributed by atoms with van der Waals surface area (Å²) >= 11 is 3.40. The first kappa shape index (κ1) is 18.8. The molecule has 2 aromatic rings. The summed E-state index contributed by atoms with van der Waals surface area (Å²) in [5.74, 6) is 2.48. The Morgan fingerprint density at radius 1 is 1.20 bits per heavy atom. The second-order valence-corrected chi connectivity index (χ2v) is 6.57. The molecule has 0 aliphatic rings. The monoisotopic (exact) mass is 397 g/mol. The van der Waals surface area contributed by atoms with Crippen molar-refractivity contribution < 1.29 is 4.79 Å². The molecule has 0 fully saturated rings. The summed E-state index contributed by atoms with van der Waals surface area (Å²) < 4.78 is 0.984. The number of benzene rings is 2. The van der Waals surface area contributed by atoms with Crippen LogP contribution in [0.25, 0.3) is 0 Å². The van der Waals surface area contributed by atoms with Crippen LogP contribution in [0, 0.1) is 26.2 Å². The first-order valence-electron chi connectivity index (χ1n) is 7.81. The summed E-state index contributed by atoms with van der Waals surface area (Å²) in [5.41, 5.74) is 4.39. The number of carbonyl (C=O) groups is 1. The largest absolute Gasteiger partial charge is 0.343 e. The van der Waals surface area contributed by atoms with Crippen molar-refractivity contribution in [2.45, 2.75) is 20.8 Å². The summed E-state index contributed by atoms with van der Waals surface area (Å²) in [6.07, 6.45) is 5.41. The number of nitrogens with zero attached hydrogens (tertiary/aromatic N) is 2. The predicted octanol–water partition coefficient (Wildman–Crippen LogP) is 4.96. The lowest BCUT2D eigenvalue weighted by molar-refractivity contribution is 0.220. The second-order valence-electron chi connectivity index (χ2n) is 5.65. The number of rotatable bonds is 4. The number of amides is 2. The van der Waals surface area contributed by atoms with E-state index in [0.717, 1.165) is 26.9 Å². The van der Waals surface area contributed by atoms with Gasteiger partial charge in [0.25, 0.3) is 0 Å². The third kappa shape index (κ3) is 4.94. The van der Waals surface area contributed by atoms with Gasteiger partial charge in [-0.1, -0.05) is 52.2 Å². The van der Waals surface area contributed by atoms with Crippen molar-refractivity contribution in [3.8, 4) is 12.3 Å². The molecule has 0 atom stereocenters. The molecule has 0 unspecified atom stereocenters. The Balaban J connectivity index is 2.25. The van der Waals surface area contributed by atoms with Gasteiger partial charge in [-0.2, -0.15) is 5.10 Å². The average Bonchev–Trinajstić information content (AvgIpc) is 2.58. The van der Waals surface area contributed by atoms with Gasteiger partial charge in [0, 0.05) is 10.2 Å². The third-order valence-electron chi connectivity index (χ3n) is 3.72. The van der Waals surface area contributed by atoms with E-state index < -0.39 is 0 Å². The summed E-state index contributed by atoms with van der Waals surface area (Å²) in [6, 6.07) is 13.2. The van der Waals surface area contributed by atoms with Crippen LogP contribution in [0.2, 0.25) is 0 Å². The van der Waals surface area contributed by atoms with Crippen molar-refractivity contribution in [1.82, 2.24) is 5.01 Å². The number of nitrogens with one attached hydrogen (secondary N) is 1. The highest BCUT2D eigenvalue weighted by atomic mass is 79.9. The Morgan fingerprint density at radius 3 is 2.36 bits per heavy atom. The van der Waals surface area contributed by atoms with E-state index >= 15 is 0 Å². The second kappa shape index (κ2) is 8.50. The van der Waals surface area contributed by atoms with Crippen molar-refractivity contribution in [3.05, 3.63) is 63.6 Å². The van der Waals surface area contributed by atoms with E-state index in [-0.39, 0.29) is 12.6 Å². The Morgan fingerprint density at radius 2 is 1.80 bits per heavy atom. The first-order chi connectivity index (χ1) is 11.9. The van der Waals surface area contributed by atoms with E-state index in [0.29, 0.717) is 5.71 Å². The van der Waals surface area contributed by atoms with E-state index in [1.807, 2.05) is 63.2 Å². The average molecular weight is 398 g/mol. The van der Waals surface area contributed by atoms with Crippen LogP contribution in [0.5, 0.6) is 0 Å². The van der Waals surface area contributed by atoms with Crippen LogP contribution < -0.4 is 5.32 Å². The van der Waals surface area contributed by atoms with Crippen molar-refractivity contribution in [2.24, 2.45) is 5.10 Å². The minimum absolute atomic E-state index is 0.0879. The number of anilines is 1. The fraction of sp³-hybridized carbons (Fsp3) is 0.200. The zero-order valence-electron chi connectivity index (χ0n) is 14.5. The van der Waals surface area contributed by atoms with Crippen molar-refractivity contribution >= 4 is 33.4 Å². The highest BCUT2D eigenvalue weighted by molar-refractivity contribution is 9.10. The van der Waals surface area contributed by atoms with Crippen LogP contribution >= 0.6 is 15.9 Å². The molecule has 4 nitrogen and oxygen atoms in total. The maximum absolute atomic E-state index is 12.6. The molecule has 0 saturated heterocycles. The molecule has 0 bridgehead atoms. The maximum Gasteiger partial charge on any atom is 0.343 e. The minimum atomic E-state index is -0.355. The number of terminal acetylenes is 1. The molecule has 0 aliphatic heterocycles. The molecule has 0 spiro atoms. The zero-order valence-corrected chi connectivity index (χ0v) is 16.1. The molecule has 0 aromatic heterocycles. The number of carbonyl (C=O) groups excluding carboxylic acids is 1. The van der Waals surface area contributed by atoms with Crippen LogP contribution in [0.1, 0.15) is 23.6 Å². The zero-order chi connectivity index (χ0) is 18.4. The van der Waals surface area contributed by atoms with Gasteiger partial charge in [0.15, 0.2) is 0 Å². The van der Waals surface area contributed by atoms with E-state index in [4.69, 9.17) is 6.42 Å². The van der Waals surface area contributed by atoms with E-state index in [1.54, 1.807) is 0 Å². The van der Waals surface area contributed by atoms with Gasteiger partial charge in [0.05, 0.1) is 5.71 Å². The van der Waals surface area contributed by atoms with Gasteiger partial charge >= 0.3 is 6.03 Å². The fourth-order valence-corrected chi connectivity index (χ4v) is 2.62. The van der Waals surface area contributed by atoms with E-state index in [9.17, 15) is 4.79 Å². The summed E-state index contributed by atoms with van der Waals surface area (Å²) in [7, 11) is 0. The lowest BCUT2D eigenvalue weighted by atomic mass is 10.1. The lowest BCUT2D eigenvalue weighted by Gasteiger charge is -2.18. The Kier molecular flexibility index (Phi) is 6.37. The molecular formula is C20H20BrN3O. The van der Waals surface area contributed by atoms with Crippen LogP contribution in [-0.2, 0) is 0 Å². The molecule has 128 valence electrons. The number of hydrogen-bond acceptors (Lipinski definition) is 2. The van der Waals surface area contributed by atoms with Gasteiger partial charge in [0.2, 0.25) is 0 Å². The fourth-order valence-electron chi connectivity index (χ4n) is 2.35. The number of hydrazone groups is 1. The smallest absolute Gasteiger partial charge is 0.306 e. The highest BCUT2D eigenvalue weighted by Gasteiger charge is 2.15. The third-order valence-corrected chi connectivity index (χ3v) is 4.25. The molecule has 1 N–H and O–H groups in total. The topological polar surface area (TPSA) is 44.7 Å². The molecule has 0 aliphatic carbocycles. The molecule has 0 saturated carbocycles. The van der Waals surface area contributed by atoms with Gasteiger partial charge in [-0.3, -0.25) is 0 Å². The molecule has 2 aromatic carbocycles. The van der Waals surface area contributed by atoms with E-state index in [2.05, 4.69) is 32.3 Å². The lowest BCUT2D eigenvalue weighted by Crippen LogP contribution is -2.32. The highest BCUT2D eigenvalue weighted by Crippen LogP contribution is 2.20. The molecule has 0 heterocycles. The molecular weight excluding hydrogens is 378 g/mol. The minimum Gasteiger partial charge on any atom is -0.306 e. The van der Waals surface area contributed by atoms with Crippen LogP contribution in [-0.4, -0.2) is 23.3 Å². The normalized spacial score (nSPS) is 10.9. The van der Waals surface area contributed by atoms with Gasteiger partial charge < -0.3 is 5.32 Å². The molecule has 0 radical (unpaired) electrons. The van der Waals surface area contributed by atoms with Gasteiger partial charge in [-0.15, -0.1) is 6.42 Å². The number of urea groups is 1. The van der Waals surface area contributed by atoms with Crippen molar-refractivity contribution in [1.29, 1.82) is 0 Å². The molecule has 25 heavy (non-hydrogen) atoms. The molecule has 2 amide bonds. The predicted molar refractivity (Wildman–Crippen MR) is 107 cm³/mol. The van der Waals surface area contributed by atoms with E-state index in [1.165, 1.54) is 5.01 Å². The standard InChI is InChI=1S/C20H20BrN3O/c1-5-13-24(23-16(4)17-9-11-18(21)12-10-17)20(25)22-19-14(2)7-6-8-15(19)3/h1,6-12H,13H2,2-4H3,(H,22,25).